The summed E-state index contributed by atoms with van der Waals surface area (Å²) >= 11 is 2.23. The van der Waals surface area contributed by atoms with E-state index in [4.69, 9.17) is 9.47 Å². The highest BCUT2D eigenvalue weighted by atomic mass is 127. The first-order valence-electron chi connectivity index (χ1n) is 10.4. The number of nitrogens with zero attached hydrogens (tertiary/aromatic N) is 1. The molecule has 0 aliphatic carbocycles. The summed E-state index contributed by atoms with van der Waals surface area (Å²) in [6, 6.07) is 14.7. The van der Waals surface area contributed by atoms with E-state index in [2.05, 4.69) is 22.6 Å². The average molecular weight is 543 g/mol. The lowest BCUT2D eigenvalue weighted by atomic mass is 10.1. The van der Waals surface area contributed by atoms with Crippen molar-refractivity contribution in [3.8, 4) is 0 Å². The molecule has 1 heterocycles. The first-order valence-corrected chi connectivity index (χ1v) is 12.9. The first-order chi connectivity index (χ1) is 14.3. The lowest BCUT2D eigenvalue weighted by Gasteiger charge is -2.25. The van der Waals surface area contributed by atoms with Gasteiger partial charge >= 0.3 is 0 Å². The Morgan fingerprint density at radius 3 is 2.17 bits per heavy atom. The molecule has 164 valence electrons. The van der Waals surface area contributed by atoms with E-state index in [0.717, 1.165) is 41.2 Å². The predicted octanol–water partition coefficient (Wildman–Crippen LogP) is 5.51. The van der Waals surface area contributed by atoms with E-state index in [-0.39, 0.29) is 0 Å². The maximum atomic E-state index is 13.4. The number of hydrogen-bond acceptors (Lipinski definition) is 4. The smallest absolute Gasteiger partial charge is 0.264 e. The zero-order chi connectivity index (χ0) is 21.6. The van der Waals surface area contributed by atoms with Crippen molar-refractivity contribution in [2.45, 2.75) is 56.6 Å². The van der Waals surface area contributed by atoms with Crippen molar-refractivity contribution in [3.63, 3.8) is 0 Å². The van der Waals surface area contributed by atoms with Crippen LogP contribution >= 0.6 is 22.6 Å². The topological polar surface area (TPSA) is 55.8 Å². The van der Waals surface area contributed by atoms with E-state index in [1.54, 1.807) is 12.1 Å². The Kier molecular flexibility index (Phi) is 8.17. The van der Waals surface area contributed by atoms with Crippen molar-refractivity contribution in [2.75, 3.05) is 24.1 Å². The number of halogens is 1. The SMILES string of the molecule is Cc1ccc(S(=O)(=O)N(CCCCCCC2(C)OCCO2)c2ccc(I)cc2)cc1. The molecule has 0 radical (unpaired) electrons. The van der Waals surface area contributed by atoms with Gasteiger partial charge in [0.05, 0.1) is 23.8 Å². The fraction of sp³-hybridized carbons (Fsp3) is 0.478. The third kappa shape index (κ3) is 6.18. The van der Waals surface area contributed by atoms with E-state index in [1.165, 1.54) is 4.31 Å². The van der Waals surface area contributed by atoms with Crippen molar-refractivity contribution in [2.24, 2.45) is 0 Å². The molecule has 0 saturated carbocycles. The minimum Gasteiger partial charge on any atom is -0.348 e. The third-order valence-electron chi connectivity index (χ3n) is 5.36. The number of hydrogen-bond donors (Lipinski definition) is 0. The number of sulfonamides is 1. The van der Waals surface area contributed by atoms with E-state index < -0.39 is 15.8 Å². The zero-order valence-corrected chi connectivity index (χ0v) is 20.6. The summed E-state index contributed by atoms with van der Waals surface area (Å²) in [6.07, 6.45) is 4.66. The quantitative estimate of drug-likeness (QED) is 0.293. The Hall–Kier alpha value is -1.16. The molecule has 3 rings (SSSR count). The molecule has 2 aromatic carbocycles. The maximum Gasteiger partial charge on any atom is 0.264 e. The fourth-order valence-corrected chi connectivity index (χ4v) is 5.45. The Morgan fingerprint density at radius 2 is 1.53 bits per heavy atom. The number of benzene rings is 2. The van der Waals surface area contributed by atoms with Crippen LogP contribution in [0.2, 0.25) is 0 Å². The molecule has 2 aromatic rings. The van der Waals surface area contributed by atoms with Crippen LogP contribution in [0.25, 0.3) is 0 Å². The molecule has 1 saturated heterocycles. The molecule has 0 spiro atoms. The molecule has 5 nitrogen and oxygen atoms in total. The van der Waals surface area contributed by atoms with Gasteiger partial charge in [-0.05, 0) is 85.7 Å². The van der Waals surface area contributed by atoms with Gasteiger partial charge in [0.1, 0.15) is 0 Å². The summed E-state index contributed by atoms with van der Waals surface area (Å²) in [5.41, 5.74) is 1.75. The summed E-state index contributed by atoms with van der Waals surface area (Å²) in [7, 11) is -3.61. The number of anilines is 1. The summed E-state index contributed by atoms with van der Waals surface area (Å²) in [4.78, 5) is 0.329. The Bertz CT molecular complexity index is 907. The van der Waals surface area contributed by atoms with Crippen LogP contribution < -0.4 is 4.31 Å². The summed E-state index contributed by atoms with van der Waals surface area (Å²) in [6.45, 7) is 5.74. The largest absolute Gasteiger partial charge is 0.348 e. The summed E-state index contributed by atoms with van der Waals surface area (Å²) < 4.78 is 40.6. The second kappa shape index (κ2) is 10.4. The number of ether oxygens (including phenoxy) is 2. The standard InChI is InChI=1S/C23H30INO4S/c1-19-7-13-22(14-8-19)30(26,27)25(21-11-9-20(24)10-12-21)16-6-4-3-5-15-23(2)28-17-18-29-23/h7-14H,3-6,15-18H2,1-2H3. The van der Waals surface area contributed by atoms with E-state index >= 15 is 0 Å². The van der Waals surface area contributed by atoms with Crippen LogP contribution in [0, 0.1) is 10.5 Å². The van der Waals surface area contributed by atoms with Gasteiger partial charge in [-0.3, -0.25) is 4.31 Å². The minimum absolute atomic E-state index is 0.329. The molecule has 0 aromatic heterocycles. The molecule has 1 fully saturated rings. The van der Waals surface area contributed by atoms with Crippen LogP contribution in [0.1, 0.15) is 44.6 Å². The van der Waals surface area contributed by atoms with Crippen molar-refractivity contribution < 1.29 is 17.9 Å². The molecular weight excluding hydrogens is 513 g/mol. The van der Waals surface area contributed by atoms with Gasteiger partial charge in [0.25, 0.3) is 10.0 Å². The first kappa shape index (κ1) is 23.5. The molecule has 30 heavy (non-hydrogen) atoms. The highest BCUT2D eigenvalue weighted by molar-refractivity contribution is 14.1. The monoisotopic (exact) mass is 543 g/mol. The molecule has 0 N–H and O–H groups in total. The molecule has 1 aliphatic heterocycles. The third-order valence-corrected chi connectivity index (χ3v) is 7.92. The maximum absolute atomic E-state index is 13.4. The summed E-state index contributed by atoms with van der Waals surface area (Å²) in [5, 5.41) is 0. The van der Waals surface area contributed by atoms with Gasteiger partial charge in [0.2, 0.25) is 0 Å². The second-order valence-electron chi connectivity index (χ2n) is 7.86. The number of rotatable bonds is 10. The van der Waals surface area contributed by atoms with E-state index in [0.29, 0.717) is 30.3 Å². The van der Waals surface area contributed by atoms with Gasteiger partial charge in [-0.1, -0.05) is 30.5 Å². The van der Waals surface area contributed by atoms with Crippen LogP contribution in [-0.4, -0.2) is 34.0 Å². The van der Waals surface area contributed by atoms with Crippen molar-refractivity contribution in [1.82, 2.24) is 0 Å². The molecule has 0 unspecified atom stereocenters. The zero-order valence-electron chi connectivity index (χ0n) is 17.6. The van der Waals surface area contributed by atoms with Crippen molar-refractivity contribution in [1.29, 1.82) is 0 Å². The van der Waals surface area contributed by atoms with Gasteiger partial charge in [0, 0.05) is 16.5 Å². The molecule has 7 heteroatoms. The fourth-order valence-electron chi connectivity index (χ4n) is 3.59. The van der Waals surface area contributed by atoms with Crippen LogP contribution in [0.15, 0.2) is 53.4 Å². The lowest BCUT2D eigenvalue weighted by Crippen LogP contribution is -2.32. The van der Waals surface area contributed by atoms with E-state index in [1.807, 2.05) is 50.2 Å². The minimum atomic E-state index is -3.61. The van der Waals surface area contributed by atoms with Gasteiger partial charge in [-0.25, -0.2) is 8.42 Å². The molecule has 0 amide bonds. The molecule has 0 atom stereocenters. The molecule has 1 aliphatic rings. The van der Waals surface area contributed by atoms with Crippen molar-refractivity contribution >= 4 is 38.3 Å². The molecule has 0 bridgehead atoms. The Morgan fingerprint density at radius 1 is 0.933 bits per heavy atom. The van der Waals surface area contributed by atoms with Gasteiger partial charge in [0.15, 0.2) is 5.79 Å². The summed E-state index contributed by atoms with van der Waals surface area (Å²) in [5.74, 6) is -0.442. The second-order valence-corrected chi connectivity index (χ2v) is 11.0. The van der Waals surface area contributed by atoms with Gasteiger partial charge in [-0.15, -0.1) is 0 Å². The number of aryl methyl sites for hydroxylation is 1. The van der Waals surface area contributed by atoms with Crippen LogP contribution in [0.4, 0.5) is 5.69 Å². The number of unbranched alkanes of at least 4 members (excludes halogenated alkanes) is 3. The van der Waals surface area contributed by atoms with Crippen molar-refractivity contribution in [3.05, 3.63) is 57.7 Å². The Labute approximate surface area is 194 Å². The van der Waals surface area contributed by atoms with Crippen LogP contribution in [-0.2, 0) is 19.5 Å². The normalized spacial score (nSPS) is 16.0. The lowest BCUT2D eigenvalue weighted by molar-refractivity contribution is -0.147. The van der Waals surface area contributed by atoms with Gasteiger partial charge in [-0.2, -0.15) is 0 Å². The molecular formula is C23H30INO4S. The highest BCUT2D eigenvalue weighted by Crippen LogP contribution is 2.27. The van der Waals surface area contributed by atoms with Crippen LogP contribution in [0.3, 0.4) is 0 Å². The Balaban J connectivity index is 1.63. The highest BCUT2D eigenvalue weighted by Gasteiger charge is 2.30. The average Bonchev–Trinajstić information content (AvgIpc) is 3.15. The predicted molar refractivity (Wildman–Crippen MR) is 128 cm³/mol. The van der Waals surface area contributed by atoms with Gasteiger partial charge < -0.3 is 9.47 Å². The van der Waals surface area contributed by atoms with Crippen LogP contribution in [0.5, 0.6) is 0 Å². The van der Waals surface area contributed by atoms with E-state index in [9.17, 15) is 8.42 Å².